The number of hydrogen-bond donors (Lipinski definition) is 1. The van der Waals surface area contributed by atoms with Crippen LogP contribution in [0, 0.1) is 6.92 Å². The number of aryl methyl sites for hydroxylation is 2. The Hall–Kier alpha value is -1.40. The zero-order valence-corrected chi connectivity index (χ0v) is 12.1. The molecule has 0 bridgehead atoms. The molecule has 0 aliphatic carbocycles. The van der Waals surface area contributed by atoms with Crippen molar-refractivity contribution in [1.29, 1.82) is 0 Å². The van der Waals surface area contributed by atoms with Crippen molar-refractivity contribution < 1.29 is 9.53 Å². The molecule has 0 aliphatic heterocycles. The van der Waals surface area contributed by atoms with Gasteiger partial charge < -0.3 is 15.4 Å². The summed E-state index contributed by atoms with van der Waals surface area (Å²) >= 11 is 0. The van der Waals surface area contributed by atoms with Gasteiger partial charge in [0.25, 0.3) is 5.91 Å². The maximum atomic E-state index is 12.5. The summed E-state index contributed by atoms with van der Waals surface area (Å²) in [7, 11) is 1.63. The van der Waals surface area contributed by atoms with Crippen LogP contribution in [0.25, 0.3) is 0 Å². The van der Waals surface area contributed by atoms with E-state index in [9.17, 15) is 4.79 Å². The second kappa shape index (κ2) is 7.91. The number of carbonyl (C=O) groups is 1. The van der Waals surface area contributed by atoms with Gasteiger partial charge in [0, 0.05) is 26.7 Å². The van der Waals surface area contributed by atoms with Gasteiger partial charge in [0.1, 0.15) is 5.69 Å². The summed E-state index contributed by atoms with van der Waals surface area (Å²) in [6.45, 7) is 6.86. The Balaban J connectivity index is 2.83. The van der Waals surface area contributed by atoms with Gasteiger partial charge in [-0.1, -0.05) is 0 Å². The minimum atomic E-state index is -0.00653. The first-order valence-corrected chi connectivity index (χ1v) is 6.66. The SMILES string of the molecule is CCn1nc(C)cc1C(=O)N(CCCN)CCOC. The molecule has 1 heterocycles. The lowest BCUT2D eigenvalue weighted by molar-refractivity contribution is 0.0682. The molecule has 0 fully saturated rings. The van der Waals surface area contributed by atoms with Crippen molar-refractivity contribution in [3.63, 3.8) is 0 Å². The summed E-state index contributed by atoms with van der Waals surface area (Å²) in [4.78, 5) is 14.3. The van der Waals surface area contributed by atoms with Crippen LogP contribution in [-0.2, 0) is 11.3 Å². The monoisotopic (exact) mass is 268 g/mol. The van der Waals surface area contributed by atoms with Crippen molar-refractivity contribution in [3.8, 4) is 0 Å². The Morgan fingerprint density at radius 3 is 2.84 bits per heavy atom. The summed E-state index contributed by atoms with van der Waals surface area (Å²) in [6, 6.07) is 1.83. The molecule has 0 aliphatic rings. The Morgan fingerprint density at radius 1 is 1.53 bits per heavy atom. The Labute approximate surface area is 114 Å². The van der Waals surface area contributed by atoms with Crippen LogP contribution in [0.4, 0.5) is 0 Å². The van der Waals surface area contributed by atoms with E-state index in [1.165, 1.54) is 0 Å². The zero-order valence-electron chi connectivity index (χ0n) is 12.1. The lowest BCUT2D eigenvalue weighted by atomic mass is 10.3. The number of hydrogen-bond acceptors (Lipinski definition) is 4. The molecule has 6 nitrogen and oxygen atoms in total. The van der Waals surface area contributed by atoms with Crippen LogP contribution >= 0.6 is 0 Å². The fourth-order valence-corrected chi connectivity index (χ4v) is 1.92. The standard InChI is InChI=1S/C13H24N4O2/c1-4-17-12(10-11(2)15-17)13(18)16(7-5-6-14)8-9-19-3/h10H,4-9,14H2,1-3H3. The highest BCUT2D eigenvalue weighted by Crippen LogP contribution is 2.08. The number of ether oxygens (including phenoxy) is 1. The molecule has 0 spiro atoms. The molecular weight excluding hydrogens is 244 g/mol. The minimum Gasteiger partial charge on any atom is -0.383 e. The fourth-order valence-electron chi connectivity index (χ4n) is 1.92. The number of carbonyl (C=O) groups excluding carboxylic acids is 1. The highest BCUT2D eigenvalue weighted by atomic mass is 16.5. The molecule has 0 saturated heterocycles. The predicted octanol–water partition coefficient (Wildman–Crippen LogP) is 0.649. The molecule has 6 heteroatoms. The first-order chi connectivity index (χ1) is 9.13. The number of nitrogens with zero attached hydrogens (tertiary/aromatic N) is 3. The predicted molar refractivity (Wildman–Crippen MR) is 74.1 cm³/mol. The van der Waals surface area contributed by atoms with Crippen molar-refractivity contribution in [2.24, 2.45) is 5.73 Å². The second-order valence-corrected chi connectivity index (χ2v) is 4.41. The number of amides is 1. The Bertz CT molecular complexity index is 395. The molecule has 0 aromatic carbocycles. The van der Waals surface area contributed by atoms with Gasteiger partial charge in [-0.3, -0.25) is 9.48 Å². The molecule has 2 N–H and O–H groups in total. The van der Waals surface area contributed by atoms with Gasteiger partial charge >= 0.3 is 0 Å². The van der Waals surface area contributed by atoms with E-state index >= 15 is 0 Å². The van der Waals surface area contributed by atoms with Gasteiger partial charge in [0.05, 0.1) is 12.3 Å². The van der Waals surface area contributed by atoms with E-state index in [0.29, 0.717) is 38.5 Å². The van der Waals surface area contributed by atoms with Crippen LogP contribution in [0.2, 0.25) is 0 Å². The third kappa shape index (κ3) is 4.33. The van der Waals surface area contributed by atoms with Crippen LogP contribution in [0.1, 0.15) is 29.5 Å². The quantitative estimate of drug-likeness (QED) is 0.751. The molecule has 1 aromatic heterocycles. The molecule has 1 rings (SSSR count). The maximum Gasteiger partial charge on any atom is 0.272 e. The normalized spacial score (nSPS) is 10.7. The largest absolute Gasteiger partial charge is 0.383 e. The van der Waals surface area contributed by atoms with Gasteiger partial charge in [-0.15, -0.1) is 0 Å². The third-order valence-corrected chi connectivity index (χ3v) is 2.91. The van der Waals surface area contributed by atoms with E-state index in [2.05, 4.69) is 5.10 Å². The number of methoxy groups -OCH3 is 1. The second-order valence-electron chi connectivity index (χ2n) is 4.41. The van der Waals surface area contributed by atoms with Gasteiger partial charge in [0.2, 0.25) is 0 Å². The lowest BCUT2D eigenvalue weighted by Crippen LogP contribution is -2.36. The average molecular weight is 268 g/mol. The van der Waals surface area contributed by atoms with Crippen molar-refractivity contribution >= 4 is 5.91 Å². The average Bonchev–Trinajstić information content (AvgIpc) is 2.79. The molecule has 0 radical (unpaired) electrons. The Morgan fingerprint density at radius 2 is 2.26 bits per heavy atom. The van der Waals surface area contributed by atoms with E-state index in [1.807, 2.05) is 19.9 Å². The summed E-state index contributed by atoms with van der Waals surface area (Å²) < 4.78 is 6.79. The molecule has 0 unspecified atom stereocenters. The molecule has 108 valence electrons. The van der Waals surface area contributed by atoms with Crippen LogP contribution < -0.4 is 5.73 Å². The smallest absolute Gasteiger partial charge is 0.272 e. The van der Waals surface area contributed by atoms with E-state index in [4.69, 9.17) is 10.5 Å². The van der Waals surface area contributed by atoms with E-state index in [1.54, 1.807) is 16.7 Å². The van der Waals surface area contributed by atoms with Crippen molar-refractivity contribution in [2.45, 2.75) is 26.8 Å². The number of rotatable bonds is 8. The van der Waals surface area contributed by atoms with Crippen molar-refractivity contribution in [3.05, 3.63) is 17.5 Å². The summed E-state index contributed by atoms with van der Waals surface area (Å²) in [5.41, 5.74) is 7.01. The van der Waals surface area contributed by atoms with Crippen molar-refractivity contribution in [1.82, 2.24) is 14.7 Å². The molecule has 0 atom stereocenters. The first kappa shape index (κ1) is 15.7. The summed E-state index contributed by atoms with van der Waals surface area (Å²) in [5.74, 6) is -0.00653. The highest BCUT2D eigenvalue weighted by Gasteiger charge is 2.19. The van der Waals surface area contributed by atoms with Gasteiger partial charge in [0.15, 0.2) is 0 Å². The van der Waals surface area contributed by atoms with Gasteiger partial charge in [-0.05, 0) is 32.9 Å². The molecule has 19 heavy (non-hydrogen) atoms. The van der Waals surface area contributed by atoms with Crippen molar-refractivity contribution in [2.75, 3.05) is 33.4 Å². The van der Waals surface area contributed by atoms with Crippen LogP contribution in [0.15, 0.2) is 6.07 Å². The number of nitrogens with two attached hydrogens (primary N) is 1. The fraction of sp³-hybridized carbons (Fsp3) is 0.692. The van der Waals surface area contributed by atoms with Gasteiger partial charge in [-0.2, -0.15) is 5.10 Å². The molecule has 0 saturated carbocycles. The first-order valence-electron chi connectivity index (χ1n) is 6.66. The van der Waals surface area contributed by atoms with Crippen LogP contribution in [0.5, 0.6) is 0 Å². The zero-order chi connectivity index (χ0) is 14.3. The summed E-state index contributed by atoms with van der Waals surface area (Å²) in [5, 5.41) is 4.31. The van der Waals surface area contributed by atoms with E-state index in [-0.39, 0.29) is 5.91 Å². The third-order valence-electron chi connectivity index (χ3n) is 2.91. The summed E-state index contributed by atoms with van der Waals surface area (Å²) in [6.07, 6.45) is 0.786. The van der Waals surface area contributed by atoms with E-state index in [0.717, 1.165) is 12.1 Å². The molecule has 1 aromatic rings. The molecular formula is C13H24N4O2. The highest BCUT2D eigenvalue weighted by molar-refractivity contribution is 5.92. The Kier molecular flexibility index (Phi) is 6.52. The van der Waals surface area contributed by atoms with E-state index < -0.39 is 0 Å². The topological polar surface area (TPSA) is 73.4 Å². The number of aromatic nitrogens is 2. The minimum absolute atomic E-state index is 0.00653. The van der Waals surface area contributed by atoms with Crippen LogP contribution in [0.3, 0.4) is 0 Å². The maximum absolute atomic E-state index is 12.5. The van der Waals surface area contributed by atoms with Crippen LogP contribution in [-0.4, -0.2) is 53.9 Å². The lowest BCUT2D eigenvalue weighted by Gasteiger charge is -2.22. The molecule has 1 amide bonds. The van der Waals surface area contributed by atoms with Gasteiger partial charge in [-0.25, -0.2) is 0 Å².